The number of pyridine rings is 2. The van der Waals surface area contributed by atoms with Crippen LogP contribution in [0, 0.1) is 0 Å². The molecule has 0 saturated carbocycles. The van der Waals surface area contributed by atoms with Crippen LogP contribution in [0.1, 0.15) is 17.5 Å². The van der Waals surface area contributed by atoms with Crippen LogP contribution in [0.4, 0.5) is 5.82 Å². The van der Waals surface area contributed by atoms with Crippen LogP contribution >= 0.6 is 0 Å². The van der Waals surface area contributed by atoms with E-state index in [0.717, 1.165) is 35.3 Å². The maximum Gasteiger partial charge on any atom is 0.176 e. The van der Waals surface area contributed by atoms with Crippen molar-refractivity contribution >= 4 is 17.0 Å². The minimum atomic E-state index is 0.434. The SMILES string of the molecule is Nc1ncccc1-c1nc2ccc(-n3nccn3)nc2n1-c1ccc2c(c1)CCC2. The normalized spacial score (nSPS) is 13.1. The Bertz CT molecular complexity index is 1380. The van der Waals surface area contributed by atoms with Crippen molar-refractivity contribution in [2.24, 2.45) is 0 Å². The van der Waals surface area contributed by atoms with Gasteiger partial charge in [0.1, 0.15) is 11.3 Å². The van der Waals surface area contributed by atoms with Crippen LogP contribution in [0.5, 0.6) is 0 Å². The third kappa shape index (κ3) is 2.57. The van der Waals surface area contributed by atoms with Crippen molar-refractivity contribution < 1.29 is 0 Å². The van der Waals surface area contributed by atoms with E-state index >= 15 is 0 Å². The van der Waals surface area contributed by atoms with Crippen LogP contribution in [0.15, 0.2) is 61.1 Å². The summed E-state index contributed by atoms with van der Waals surface area (Å²) < 4.78 is 2.05. The number of nitrogens with zero attached hydrogens (tertiary/aromatic N) is 7. The van der Waals surface area contributed by atoms with Gasteiger partial charge in [0.25, 0.3) is 0 Å². The van der Waals surface area contributed by atoms with E-state index in [0.29, 0.717) is 17.5 Å². The second-order valence-corrected chi connectivity index (χ2v) is 7.34. The highest BCUT2D eigenvalue weighted by molar-refractivity contribution is 5.83. The van der Waals surface area contributed by atoms with Gasteiger partial charge in [-0.2, -0.15) is 10.2 Å². The highest BCUT2D eigenvalue weighted by Crippen LogP contribution is 2.32. The summed E-state index contributed by atoms with van der Waals surface area (Å²) in [6, 6.07) is 14.2. The third-order valence-corrected chi connectivity index (χ3v) is 5.53. The van der Waals surface area contributed by atoms with Crippen molar-refractivity contribution in [2.45, 2.75) is 19.3 Å². The van der Waals surface area contributed by atoms with Crippen LogP contribution in [0.3, 0.4) is 0 Å². The molecule has 1 aliphatic rings. The molecule has 0 unspecified atom stereocenters. The van der Waals surface area contributed by atoms with Gasteiger partial charge in [-0.25, -0.2) is 15.0 Å². The van der Waals surface area contributed by atoms with Gasteiger partial charge < -0.3 is 5.73 Å². The molecule has 1 aromatic carbocycles. The van der Waals surface area contributed by atoms with E-state index in [1.807, 2.05) is 28.8 Å². The molecule has 6 rings (SSSR count). The largest absolute Gasteiger partial charge is 0.383 e. The standard InChI is InChI=1S/C22H18N8/c23-20-17(5-2-10-24-20)21-27-18-8-9-19(30-25-11-12-26-30)28-22(18)29(21)16-7-6-14-3-1-4-15(14)13-16/h2,5-13H,1,3-4H2,(H2,23,24). The number of benzene rings is 1. The predicted molar refractivity (Wildman–Crippen MR) is 113 cm³/mol. The zero-order chi connectivity index (χ0) is 20.1. The van der Waals surface area contributed by atoms with E-state index in [1.165, 1.54) is 22.3 Å². The third-order valence-electron chi connectivity index (χ3n) is 5.53. The van der Waals surface area contributed by atoms with Crippen molar-refractivity contribution in [1.82, 2.24) is 34.5 Å². The average molecular weight is 394 g/mol. The average Bonchev–Trinajstić information content (AvgIpc) is 3.51. The van der Waals surface area contributed by atoms with Gasteiger partial charge in [0.15, 0.2) is 17.3 Å². The summed E-state index contributed by atoms with van der Waals surface area (Å²) in [7, 11) is 0. The number of fused-ring (bicyclic) bond motifs is 2. The first-order valence-corrected chi connectivity index (χ1v) is 9.87. The minimum Gasteiger partial charge on any atom is -0.383 e. The summed E-state index contributed by atoms with van der Waals surface area (Å²) in [5, 5.41) is 8.41. The number of nitrogen functional groups attached to an aromatic ring is 1. The molecular formula is C22H18N8. The van der Waals surface area contributed by atoms with Gasteiger partial charge in [0.05, 0.1) is 18.0 Å². The molecule has 0 bridgehead atoms. The lowest BCUT2D eigenvalue weighted by molar-refractivity contribution is 0.731. The fraction of sp³-hybridized carbons (Fsp3) is 0.136. The number of aryl methyl sites for hydroxylation is 2. The molecule has 2 N–H and O–H groups in total. The van der Waals surface area contributed by atoms with Crippen LogP contribution in [0.2, 0.25) is 0 Å². The number of nitrogens with two attached hydrogens (primary N) is 1. The Labute approximate surface area is 172 Å². The van der Waals surface area contributed by atoms with Crippen molar-refractivity contribution in [3.05, 3.63) is 72.2 Å². The summed E-state index contributed by atoms with van der Waals surface area (Å²) in [5.74, 6) is 1.77. The maximum absolute atomic E-state index is 6.21. The molecule has 146 valence electrons. The highest BCUT2D eigenvalue weighted by atomic mass is 15.5. The van der Waals surface area contributed by atoms with Gasteiger partial charge in [0.2, 0.25) is 0 Å². The molecule has 0 amide bonds. The molecule has 4 aromatic heterocycles. The second kappa shape index (κ2) is 6.48. The number of aromatic nitrogens is 7. The molecule has 0 atom stereocenters. The van der Waals surface area contributed by atoms with E-state index in [9.17, 15) is 0 Å². The van der Waals surface area contributed by atoms with E-state index in [1.54, 1.807) is 18.6 Å². The topological polar surface area (TPSA) is 100 Å². The summed E-state index contributed by atoms with van der Waals surface area (Å²) in [6.45, 7) is 0. The number of rotatable bonds is 3. The maximum atomic E-state index is 6.21. The summed E-state index contributed by atoms with van der Waals surface area (Å²) >= 11 is 0. The predicted octanol–water partition coefficient (Wildman–Crippen LogP) is 3.13. The lowest BCUT2D eigenvalue weighted by atomic mass is 10.1. The van der Waals surface area contributed by atoms with E-state index in [2.05, 4.69) is 33.4 Å². The molecule has 0 radical (unpaired) electrons. The first kappa shape index (κ1) is 16.8. The molecule has 1 aliphatic carbocycles. The Balaban J connectivity index is 1.65. The lowest BCUT2D eigenvalue weighted by Crippen LogP contribution is -2.05. The van der Waals surface area contributed by atoms with Gasteiger partial charge in [-0.15, -0.1) is 4.80 Å². The summed E-state index contributed by atoms with van der Waals surface area (Å²) in [4.78, 5) is 15.5. The van der Waals surface area contributed by atoms with Crippen molar-refractivity contribution in [2.75, 3.05) is 5.73 Å². The number of imidazole rings is 1. The number of anilines is 1. The number of hydrogen-bond acceptors (Lipinski definition) is 6. The molecular weight excluding hydrogens is 376 g/mol. The highest BCUT2D eigenvalue weighted by Gasteiger charge is 2.20. The smallest absolute Gasteiger partial charge is 0.176 e. The zero-order valence-electron chi connectivity index (χ0n) is 16.1. The van der Waals surface area contributed by atoms with Crippen molar-refractivity contribution in [1.29, 1.82) is 0 Å². The first-order chi connectivity index (χ1) is 14.8. The van der Waals surface area contributed by atoms with Gasteiger partial charge in [-0.05, 0) is 66.8 Å². The van der Waals surface area contributed by atoms with Crippen LogP contribution in [-0.2, 0) is 12.8 Å². The molecule has 0 saturated heterocycles. The van der Waals surface area contributed by atoms with E-state index < -0.39 is 0 Å². The van der Waals surface area contributed by atoms with Crippen LogP contribution in [0.25, 0.3) is 34.1 Å². The molecule has 30 heavy (non-hydrogen) atoms. The van der Waals surface area contributed by atoms with Gasteiger partial charge in [0, 0.05) is 11.9 Å². The van der Waals surface area contributed by atoms with Crippen molar-refractivity contribution in [3.8, 4) is 22.9 Å². The van der Waals surface area contributed by atoms with Crippen LogP contribution < -0.4 is 5.73 Å². The van der Waals surface area contributed by atoms with Gasteiger partial charge >= 0.3 is 0 Å². The molecule has 5 aromatic rings. The minimum absolute atomic E-state index is 0.434. The Morgan fingerprint density at radius 2 is 1.73 bits per heavy atom. The Morgan fingerprint density at radius 3 is 2.60 bits per heavy atom. The molecule has 0 aliphatic heterocycles. The number of hydrogen-bond donors (Lipinski definition) is 1. The second-order valence-electron chi connectivity index (χ2n) is 7.34. The monoisotopic (exact) mass is 394 g/mol. The van der Waals surface area contributed by atoms with E-state index in [-0.39, 0.29) is 0 Å². The summed E-state index contributed by atoms with van der Waals surface area (Å²) in [6.07, 6.45) is 8.36. The fourth-order valence-electron chi connectivity index (χ4n) is 4.12. The van der Waals surface area contributed by atoms with Crippen LogP contribution in [-0.4, -0.2) is 34.5 Å². The van der Waals surface area contributed by atoms with E-state index in [4.69, 9.17) is 15.7 Å². The molecule has 0 spiro atoms. The molecule has 8 nitrogen and oxygen atoms in total. The Hall–Kier alpha value is -4.07. The zero-order valence-corrected chi connectivity index (χ0v) is 16.1. The summed E-state index contributed by atoms with van der Waals surface area (Å²) in [5.41, 5.74) is 12.3. The quantitative estimate of drug-likeness (QED) is 0.505. The van der Waals surface area contributed by atoms with Gasteiger partial charge in [-0.1, -0.05) is 6.07 Å². The molecule has 8 heteroatoms. The van der Waals surface area contributed by atoms with Crippen molar-refractivity contribution in [3.63, 3.8) is 0 Å². The Morgan fingerprint density at radius 1 is 0.867 bits per heavy atom. The lowest BCUT2D eigenvalue weighted by Gasteiger charge is -2.12. The molecule has 0 fully saturated rings. The Kier molecular flexibility index (Phi) is 3.64. The molecule has 4 heterocycles. The first-order valence-electron chi connectivity index (χ1n) is 9.87. The van der Waals surface area contributed by atoms with Gasteiger partial charge in [-0.3, -0.25) is 4.57 Å². The fourth-order valence-corrected chi connectivity index (χ4v) is 4.12.